The lowest BCUT2D eigenvalue weighted by Gasteiger charge is -2.28. The molecule has 1 heterocycles. The van der Waals surface area contributed by atoms with Crippen molar-refractivity contribution < 1.29 is 19.4 Å². The molecule has 132 valence electrons. The predicted octanol–water partition coefficient (Wildman–Crippen LogP) is 2.62. The molecule has 0 amide bonds. The molecule has 0 saturated heterocycles. The minimum Gasteiger partial charge on any atom is -0.480 e. The number of aromatic nitrogens is 1. The fourth-order valence-corrected chi connectivity index (χ4v) is 3.23. The van der Waals surface area contributed by atoms with Crippen LogP contribution in [0.5, 0.6) is 0 Å². The van der Waals surface area contributed by atoms with Gasteiger partial charge in [0.1, 0.15) is 6.04 Å². The molecule has 4 N–H and O–H groups in total. The maximum atomic E-state index is 11.5. The third-order valence-electron chi connectivity index (χ3n) is 4.42. The molecule has 1 aromatic heterocycles. The molecule has 0 bridgehead atoms. The molecule has 0 aliphatic carbocycles. The van der Waals surface area contributed by atoms with Gasteiger partial charge >= 0.3 is 5.97 Å². The van der Waals surface area contributed by atoms with Gasteiger partial charge in [0.15, 0.2) is 0 Å². The minimum absolute atomic E-state index is 0.282. The fourth-order valence-electron chi connectivity index (χ4n) is 3.23. The topological polar surface area (TPSA) is 97.6 Å². The predicted molar refractivity (Wildman–Crippen MR) is 93.1 cm³/mol. The molecule has 24 heavy (non-hydrogen) atoms. The minimum atomic E-state index is -1.05. The number of rotatable bonds is 9. The van der Waals surface area contributed by atoms with Crippen LogP contribution in [0.1, 0.15) is 37.3 Å². The van der Waals surface area contributed by atoms with Crippen LogP contribution >= 0.6 is 0 Å². The van der Waals surface area contributed by atoms with Gasteiger partial charge in [0.25, 0.3) is 0 Å². The third kappa shape index (κ3) is 3.61. The van der Waals surface area contributed by atoms with Gasteiger partial charge in [-0.05, 0) is 30.5 Å². The summed E-state index contributed by atoms with van der Waals surface area (Å²) in [7, 11) is 1.59. The number of aliphatic carboxylic acids is 1. The van der Waals surface area contributed by atoms with E-state index in [9.17, 15) is 9.90 Å². The normalized spacial score (nSPS) is 15.3. The Morgan fingerprint density at radius 1 is 1.38 bits per heavy atom. The second-order valence-electron chi connectivity index (χ2n) is 5.79. The maximum Gasteiger partial charge on any atom is 0.321 e. The number of benzene rings is 1. The molecule has 2 rings (SSSR count). The number of carboxylic acid groups (broad SMARTS) is 1. The molecule has 3 unspecified atom stereocenters. The van der Waals surface area contributed by atoms with E-state index in [2.05, 4.69) is 4.98 Å². The van der Waals surface area contributed by atoms with E-state index in [0.29, 0.717) is 19.6 Å². The van der Waals surface area contributed by atoms with Crippen LogP contribution in [-0.4, -0.2) is 41.9 Å². The smallest absolute Gasteiger partial charge is 0.321 e. The zero-order valence-electron chi connectivity index (χ0n) is 14.4. The number of ether oxygens (including phenoxy) is 2. The first-order chi connectivity index (χ1) is 11.5. The first-order valence-electron chi connectivity index (χ1n) is 8.22. The number of nitrogens with one attached hydrogen (secondary N) is 1. The third-order valence-corrected chi connectivity index (χ3v) is 4.42. The molecule has 0 aliphatic heterocycles. The molecule has 3 atom stereocenters. The van der Waals surface area contributed by atoms with E-state index in [1.165, 1.54) is 0 Å². The van der Waals surface area contributed by atoms with Gasteiger partial charge in [0, 0.05) is 36.7 Å². The van der Waals surface area contributed by atoms with Gasteiger partial charge in [0.05, 0.1) is 12.7 Å². The maximum absolute atomic E-state index is 11.5. The molecule has 6 heteroatoms. The first kappa shape index (κ1) is 18.4. The number of hydrogen-bond acceptors (Lipinski definition) is 4. The van der Waals surface area contributed by atoms with Crippen molar-refractivity contribution in [1.82, 2.24) is 4.98 Å². The van der Waals surface area contributed by atoms with Gasteiger partial charge < -0.3 is 25.3 Å². The van der Waals surface area contributed by atoms with Gasteiger partial charge in [-0.25, -0.2) is 0 Å². The van der Waals surface area contributed by atoms with E-state index in [-0.39, 0.29) is 6.10 Å². The van der Waals surface area contributed by atoms with Crippen LogP contribution < -0.4 is 5.73 Å². The summed E-state index contributed by atoms with van der Waals surface area (Å²) < 4.78 is 11.1. The van der Waals surface area contributed by atoms with Crippen LogP contribution in [0, 0.1) is 0 Å². The largest absolute Gasteiger partial charge is 0.480 e. The lowest BCUT2D eigenvalue weighted by molar-refractivity contribution is -0.140. The van der Waals surface area contributed by atoms with Gasteiger partial charge in [-0.1, -0.05) is 19.1 Å². The molecular weight excluding hydrogens is 308 g/mol. The van der Waals surface area contributed by atoms with Crippen LogP contribution in [-0.2, 0) is 20.9 Å². The molecule has 2 aromatic rings. The summed E-state index contributed by atoms with van der Waals surface area (Å²) in [6, 6.07) is 4.86. The van der Waals surface area contributed by atoms with Crippen molar-refractivity contribution in [3.8, 4) is 0 Å². The Bertz CT molecular complexity index is 679. The molecule has 0 aliphatic rings. The van der Waals surface area contributed by atoms with Crippen molar-refractivity contribution in [2.75, 3.05) is 13.7 Å². The average Bonchev–Trinajstić information content (AvgIpc) is 3.01. The number of hydrogen-bond donors (Lipinski definition) is 3. The van der Waals surface area contributed by atoms with E-state index in [0.717, 1.165) is 22.0 Å². The van der Waals surface area contributed by atoms with Gasteiger partial charge in [0.2, 0.25) is 0 Å². The zero-order valence-corrected chi connectivity index (χ0v) is 14.4. The number of aromatic amines is 1. The summed E-state index contributed by atoms with van der Waals surface area (Å²) in [4.78, 5) is 14.8. The molecule has 0 saturated carbocycles. The van der Waals surface area contributed by atoms with Crippen molar-refractivity contribution >= 4 is 16.9 Å². The van der Waals surface area contributed by atoms with Crippen LogP contribution in [0.25, 0.3) is 10.9 Å². The van der Waals surface area contributed by atoms with Crippen LogP contribution in [0.15, 0.2) is 24.4 Å². The number of carboxylic acids is 1. The van der Waals surface area contributed by atoms with Gasteiger partial charge in [-0.2, -0.15) is 0 Å². The van der Waals surface area contributed by atoms with Gasteiger partial charge in [-0.3, -0.25) is 4.79 Å². The summed E-state index contributed by atoms with van der Waals surface area (Å²) in [6.45, 7) is 4.99. The van der Waals surface area contributed by atoms with E-state index in [4.69, 9.17) is 15.2 Å². The molecule has 0 fully saturated rings. The van der Waals surface area contributed by atoms with Crippen molar-refractivity contribution in [3.05, 3.63) is 35.5 Å². The van der Waals surface area contributed by atoms with Crippen LogP contribution in [0.3, 0.4) is 0 Å². The Kier molecular flexibility index (Phi) is 6.36. The summed E-state index contributed by atoms with van der Waals surface area (Å²) in [5, 5.41) is 10.4. The second kappa shape index (κ2) is 8.28. The Balaban J connectivity index is 2.58. The van der Waals surface area contributed by atoms with Crippen molar-refractivity contribution in [3.63, 3.8) is 0 Å². The molecular formula is C18H26N2O4. The Morgan fingerprint density at radius 2 is 2.12 bits per heavy atom. The summed E-state index contributed by atoms with van der Waals surface area (Å²) in [6.07, 6.45) is 2.23. The number of nitrogens with two attached hydrogens (primary N) is 1. The molecule has 0 spiro atoms. The molecule has 0 radical (unpaired) electrons. The van der Waals surface area contributed by atoms with Crippen molar-refractivity contribution in [1.29, 1.82) is 0 Å². The average molecular weight is 334 g/mol. The highest BCUT2D eigenvalue weighted by Crippen LogP contribution is 2.34. The monoisotopic (exact) mass is 334 g/mol. The highest BCUT2D eigenvalue weighted by Gasteiger charge is 2.34. The number of fused-ring (bicyclic) bond motifs is 1. The number of H-pyrrole nitrogens is 1. The second-order valence-corrected chi connectivity index (χ2v) is 5.79. The SMILES string of the molecule is CCOCc1cccc2[nH]cc(C(C(CC)OC)C(N)C(=O)O)c12. The highest BCUT2D eigenvalue weighted by atomic mass is 16.5. The van der Waals surface area contributed by atoms with Crippen molar-refractivity contribution in [2.45, 2.75) is 44.9 Å². The molecule has 6 nitrogen and oxygen atoms in total. The van der Waals surface area contributed by atoms with Crippen LogP contribution in [0.2, 0.25) is 0 Å². The Labute approximate surface area is 141 Å². The first-order valence-corrected chi connectivity index (χ1v) is 8.22. The lowest BCUT2D eigenvalue weighted by atomic mass is 9.84. The highest BCUT2D eigenvalue weighted by molar-refractivity contribution is 5.88. The molecule has 1 aromatic carbocycles. The number of methoxy groups -OCH3 is 1. The summed E-state index contributed by atoms with van der Waals surface area (Å²) in [5.41, 5.74) is 8.84. The van der Waals surface area contributed by atoms with E-state index in [1.807, 2.05) is 38.2 Å². The lowest BCUT2D eigenvalue weighted by Crippen LogP contribution is -2.42. The fraction of sp³-hybridized carbons (Fsp3) is 0.500. The quantitative estimate of drug-likeness (QED) is 0.655. The van der Waals surface area contributed by atoms with Crippen molar-refractivity contribution in [2.24, 2.45) is 5.73 Å². The van der Waals surface area contributed by atoms with E-state index >= 15 is 0 Å². The van der Waals surface area contributed by atoms with E-state index < -0.39 is 17.9 Å². The zero-order chi connectivity index (χ0) is 17.7. The summed E-state index contributed by atoms with van der Waals surface area (Å²) >= 11 is 0. The van der Waals surface area contributed by atoms with E-state index in [1.54, 1.807) is 7.11 Å². The van der Waals surface area contributed by atoms with Crippen LogP contribution in [0.4, 0.5) is 0 Å². The standard InChI is InChI=1S/C18H26N2O4/c1-4-14(23-3)16(17(19)18(21)22)12-9-20-13-8-6-7-11(15(12)13)10-24-5-2/h6-9,14,16-17,20H,4-5,10,19H2,1-3H3,(H,21,22). The Hall–Kier alpha value is -1.89. The number of carbonyl (C=O) groups is 1. The Morgan fingerprint density at radius 3 is 2.71 bits per heavy atom. The summed E-state index contributed by atoms with van der Waals surface area (Å²) in [5.74, 6) is -1.49. The van der Waals surface area contributed by atoms with Gasteiger partial charge in [-0.15, -0.1) is 0 Å².